The Morgan fingerprint density at radius 2 is 0.506 bits per heavy atom. The summed E-state index contributed by atoms with van der Waals surface area (Å²) in [6.45, 7) is 6.49. The summed E-state index contributed by atoms with van der Waals surface area (Å²) in [5.74, 6) is -0.937. The summed E-state index contributed by atoms with van der Waals surface area (Å²) >= 11 is 0. The van der Waals surface area contributed by atoms with E-state index in [0.29, 0.717) is 19.3 Å². The largest absolute Gasteiger partial charge is 0.462 e. The van der Waals surface area contributed by atoms with Crippen molar-refractivity contribution in [3.05, 3.63) is 122 Å². The molecule has 0 aliphatic heterocycles. The van der Waals surface area contributed by atoms with E-state index in [-0.39, 0.29) is 31.1 Å². The number of hydrogen-bond donors (Lipinski definition) is 0. The molecule has 0 aliphatic rings. The summed E-state index contributed by atoms with van der Waals surface area (Å²) in [5.41, 5.74) is 0. The van der Waals surface area contributed by atoms with Crippen LogP contribution in [0.2, 0.25) is 0 Å². The number of allylic oxidation sites excluding steroid dienone is 20. The van der Waals surface area contributed by atoms with Crippen LogP contribution in [-0.2, 0) is 28.6 Å². The Morgan fingerprint density at radius 3 is 0.805 bits per heavy atom. The molecule has 1 atom stereocenters. The van der Waals surface area contributed by atoms with Crippen LogP contribution in [-0.4, -0.2) is 37.2 Å². The van der Waals surface area contributed by atoms with Gasteiger partial charge in [-0.15, -0.1) is 0 Å². The SMILES string of the molecule is CC/C=C\C/C=C\C/C=C\C/C=C\C/C=C\C/C=C\C/C=C\CCCCCC(=O)OCC(COC(=O)CCCCCCCCCCCCCCC)OC(=O)CCCCCCCC/C=C\C/C=C\C/C=C\CCCCCCC. The molecule has 0 N–H and O–H groups in total. The maximum Gasteiger partial charge on any atom is 0.306 e. The molecule has 6 nitrogen and oxygen atoms in total. The topological polar surface area (TPSA) is 78.9 Å². The second kappa shape index (κ2) is 64.3. The van der Waals surface area contributed by atoms with Crippen LogP contribution in [0.3, 0.4) is 0 Å². The highest BCUT2D eigenvalue weighted by Crippen LogP contribution is 2.15. The van der Waals surface area contributed by atoms with Crippen molar-refractivity contribution in [3.8, 4) is 0 Å². The van der Waals surface area contributed by atoms with E-state index in [1.54, 1.807) is 0 Å². The second-order valence-electron chi connectivity index (χ2n) is 20.9. The molecular formula is C71H118O6. The molecule has 77 heavy (non-hydrogen) atoms. The predicted octanol–water partition coefficient (Wildman–Crippen LogP) is 22.0. The number of carbonyl (C=O) groups is 3. The molecule has 0 saturated carbocycles. The third-order valence-corrected chi connectivity index (χ3v) is 13.5. The van der Waals surface area contributed by atoms with Crippen LogP contribution in [0.15, 0.2) is 122 Å². The molecule has 0 aliphatic carbocycles. The van der Waals surface area contributed by atoms with Crippen molar-refractivity contribution in [3.63, 3.8) is 0 Å². The fraction of sp³-hybridized carbons (Fsp3) is 0.676. The van der Waals surface area contributed by atoms with Crippen LogP contribution in [0.1, 0.15) is 290 Å². The Hall–Kier alpha value is -4.19. The van der Waals surface area contributed by atoms with Gasteiger partial charge in [0.25, 0.3) is 0 Å². The van der Waals surface area contributed by atoms with E-state index >= 15 is 0 Å². The summed E-state index contributed by atoms with van der Waals surface area (Å²) in [4.78, 5) is 38.3. The van der Waals surface area contributed by atoms with Crippen molar-refractivity contribution in [1.29, 1.82) is 0 Å². The average Bonchev–Trinajstić information content (AvgIpc) is 3.43. The van der Waals surface area contributed by atoms with E-state index in [9.17, 15) is 14.4 Å². The lowest BCUT2D eigenvalue weighted by Crippen LogP contribution is -2.30. The number of ether oxygens (including phenoxy) is 3. The van der Waals surface area contributed by atoms with E-state index < -0.39 is 6.10 Å². The monoisotopic (exact) mass is 1070 g/mol. The van der Waals surface area contributed by atoms with Crippen LogP contribution < -0.4 is 0 Å². The van der Waals surface area contributed by atoms with Gasteiger partial charge in [-0.05, 0) is 116 Å². The van der Waals surface area contributed by atoms with Crippen molar-refractivity contribution < 1.29 is 28.6 Å². The highest BCUT2D eigenvalue weighted by molar-refractivity contribution is 5.71. The molecule has 0 aromatic rings. The van der Waals surface area contributed by atoms with E-state index in [4.69, 9.17) is 14.2 Å². The normalized spacial score (nSPS) is 12.9. The van der Waals surface area contributed by atoms with Gasteiger partial charge >= 0.3 is 17.9 Å². The molecule has 438 valence electrons. The van der Waals surface area contributed by atoms with Gasteiger partial charge in [0.05, 0.1) is 0 Å². The Bertz CT molecular complexity index is 1600. The van der Waals surface area contributed by atoms with Gasteiger partial charge in [0.2, 0.25) is 0 Å². The predicted molar refractivity (Wildman–Crippen MR) is 334 cm³/mol. The zero-order chi connectivity index (χ0) is 55.7. The Balaban J connectivity index is 4.45. The van der Waals surface area contributed by atoms with E-state index in [2.05, 4.69) is 142 Å². The van der Waals surface area contributed by atoms with Crippen molar-refractivity contribution in [2.75, 3.05) is 13.2 Å². The van der Waals surface area contributed by atoms with Crippen molar-refractivity contribution >= 4 is 17.9 Å². The first-order chi connectivity index (χ1) is 38.0. The molecule has 0 spiro atoms. The first-order valence-electron chi connectivity index (χ1n) is 32.0. The lowest BCUT2D eigenvalue weighted by Gasteiger charge is -2.18. The van der Waals surface area contributed by atoms with Gasteiger partial charge in [-0.2, -0.15) is 0 Å². The highest BCUT2D eigenvalue weighted by Gasteiger charge is 2.19. The van der Waals surface area contributed by atoms with Crippen LogP contribution in [0.25, 0.3) is 0 Å². The molecule has 0 rings (SSSR count). The minimum atomic E-state index is -0.802. The lowest BCUT2D eigenvalue weighted by atomic mass is 10.0. The molecular weight excluding hydrogens is 949 g/mol. The number of rotatable bonds is 57. The lowest BCUT2D eigenvalue weighted by molar-refractivity contribution is -0.167. The highest BCUT2D eigenvalue weighted by atomic mass is 16.6. The van der Waals surface area contributed by atoms with E-state index in [1.807, 2.05) is 0 Å². The summed E-state index contributed by atoms with van der Waals surface area (Å²) in [5, 5.41) is 0. The number of esters is 3. The van der Waals surface area contributed by atoms with Crippen LogP contribution >= 0.6 is 0 Å². The van der Waals surface area contributed by atoms with Crippen molar-refractivity contribution in [1.82, 2.24) is 0 Å². The molecule has 0 fully saturated rings. The molecule has 6 heteroatoms. The summed E-state index contributed by atoms with van der Waals surface area (Å²) < 4.78 is 16.9. The fourth-order valence-corrected chi connectivity index (χ4v) is 8.67. The quantitative estimate of drug-likeness (QED) is 0.0261. The Labute approximate surface area is 475 Å². The van der Waals surface area contributed by atoms with Gasteiger partial charge in [0, 0.05) is 19.3 Å². The number of carbonyl (C=O) groups excluding carboxylic acids is 3. The summed E-state index contributed by atoms with van der Waals surface area (Å²) in [7, 11) is 0. The van der Waals surface area contributed by atoms with Gasteiger partial charge in [-0.3, -0.25) is 14.4 Å². The Kier molecular flexibility index (Phi) is 60.8. The summed E-state index contributed by atoms with van der Waals surface area (Å²) in [6, 6.07) is 0. The molecule has 1 unspecified atom stereocenters. The van der Waals surface area contributed by atoms with Crippen molar-refractivity contribution in [2.45, 2.75) is 297 Å². The molecule has 0 radical (unpaired) electrons. The maximum atomic E-state index is 12.9. The molecule has 0 bridgehead atoms. The van der Waals surface area contributed by atoms with Crippen molar-refractivity contribution in [2.24, 2.45) is 0 Å². The van der Waals surface area contributed by atoms with E-state index in [0.717, 1.165) is 135 Å². The molecule has 0 heterocycles. The fourth-order valence-electron chi connectivity index (χ4n) is 8.67. The number of hydrogen-bond acceptors (Lipinski definition) is 6. The summed E-state index contributed by atoms with van der Waals surface area (Å²) in [6.07, 6.45) is 89.1. The van der Waals surface area contributed by atoms with Gasteiger partial charge in [-0.1, -0.05) is 277 Å². The van der Waals surface area contributed by atoms with Gasteiger partial charge in [0.15, 0.2) is 6.10 Å². The molecule has 0 amide bonds. The Morgan fingerprint density at radius 1 is 0.273 bits per heavy atom. The zero-order valence-electron chi connectivity index (χ0n) is 50.2. The standard InChI is InChI=1S/C71H118O6/c1-4-7-10-13-16-19-22-25-27-29-31-33-34-35-36-38-39-41-43-46-49-52-55-58-61-64-70(73)76-67-68(66-75-69(72)63-60-57-54-51-48-45-24-21-18-15-12-9-6-3)77-71(74)65-62-59-56-53-50-47-44-42-40-37-32-30-28-26-23-20-17-14-11-8-5-2/h7,10,16,19,23,25-27,30-33,35-36,39-42,46,49,68H,4-6,8-9,11-15,17-18,20-22,24,28-29,34,37-38,43-45,47-48,50-67H2,1-3H3/b10-7-,19-16-,26-23-,27-25-,32-30-,33-31-,36-35-,41-39-,42-40-,49-46-. The van der Waals surface area contributed by atoms with Crippen LogP contribution in [0.4, 0.5) is 0 Å². The maximum absolute atomic E-state index is 12.9. The number of unbranched alkanes of at least 4 members (excludes halogenated alkanes) is 26. The second-order valence-corrected chi connectivity index (χ2v) is 20.9. The van der Waals surface area contributed by atoms with Gasteiger partial charge < -0.3 is 14.2 Å². The molecule has 0 aromatic carbocycles. The van der Waals surface area contributed by atoms with Crippen LogP contribution in [0.5, 0.6) is 0 Å². The van der Waals surface area contributed by atoms with Gasteiger partial charge in [-0.25, -0.2) is 0 Å². The van der Waals surface area contributed by atoms with Gasteiger partial charge in [0.1, 0.15) is 13.2 Å². The van der Waals surface area contributed by atoms with Crippen LogP contribution in [0, 0.1) is 0 Å². The third-order valence-electron chi connectivity index (χ3n) is 13.5. The zero-order valence-corrected chi connectivity index (χ0v) is 50.2. The average molecular weight is 1070 g/mol. The molecule has 0 aromatic heterocycles. The first kappa shape index (κ1) is 72.8. The minimum Gasteiger partial charge on any atom is -0.462 e. The minimum absolute atomic E-state index is 0.0947. The third kappa shape index (κ3) is 62.5. The first-order valence-corrected chi connectivity index (χ1v) is 32.0. The van der Waals surface area contributed by atoms with E-state index in [1.165, 1.54) is 116 Å². The smallest absolute Gasteiger partial charge is 0.306 e. The molecule has 0 saturated heterocycles.